The number of hydrogen-bond donors (Lipinski definition) is 1. The third-order valence-corrected chi connectivity index (χ3v) is 4.27. The normalized spacial score (nSPS) is 23.5. The molecular weight excluding hydrogens is 198 g/mol. The first-order valence-electron chi connectivity index (χ1n) is 4.55. The maximum Gasteiger partial charge on any atom is 0.241 e. The Morgan fingerprint density at radius 3 is 2.57 bits per heavy atom. The van der Waals surface area contributed by atoms with Crippen LogP contribution in [0.2, 0.25) is 0 Å². The second kappa shape index (κ2) is 2.81. The van der Waals surface area contributed by atoms with E-state index in [0.29, 0.717) is 4.90 Å². The van der Waals surface area contributed by atoms with Crippen molar-refractivity contribution in [3.05, 3.63) is 28.8 Å². The number of benzene rings is 1. The quantitative estimate of drug-likeness (QED) is 0.709. The van der Waals surface area contributed by atoms with Gasteiger partial charge in [0.15, 0.2) is 0 Å². The zero-order chi connectivity index (χ0) is 10.5. The summed E-state index contributed by atoms with van der Waals surface area (Å²) in [5.41, 5.74) is 2.83. The summed E-state index contributed by atoms with van der Waals surface area (Å²) in [4.78, 5) is 0.468. The van der Waals surface area contributed by atoms with E-state index in [4.69, 9.17) is 0 Å². The lowest BCUT2D eigenvalue weighted by Gasteiger charge is -2.05. The van der Waals surface area contributed by atoms with Crippen LogP contribution in [0, 0.1) is 13.8 Å². The van der Waals surface area contributed by atoms with Crippen LogP contribution in [0.5, 0.6) is 0 Å². The van der Waals surface area contributed by atoms with Crippen LogP contribution >= 0.6 is 0 Å². The van der Waals surface area contributed by atoms with E-state index in [1.165, 1.54) is 0 Å². The molecule has 0 saturated carbocycles. The third-order valence-electron chi connectivity index (χ3n) is 2.51. The first kappa shape index (κ1) is 9.68. The van der Waals surface area contributed by atoms with Gasteiger partial charge < -0.3 is 0 Å². The molecule has 1 aliphatic rings. The van der Waals surface area contributed by atoms with Crippen molar-refractivity contribution in [2.45, 2.75) is 31.7 Å². The molecule has 4 heteroatoms. The first-order valence-corrected chi connectivity index (χ1v) is 6.03. The van der Waals surface area contributed by atoms with Crippen LogP contribution in [0.25, 0.3) is 0 Å². The molecule has 2 rings (SSSR count). The molecule has 0 radical (unpaired) electrons. The second-order valence-electron chi connectivity index (χ2n) is 3.84. The molecule has 0 amide bonds. The maximum atomic E-state index is 11.7. The van der Waals surface area contributed by atoms with Crippen LogP contribution in [0.15, 0.2) is 17.0 Å². The molecular formula is C10H13NO2S. The van der Waals surface area contributed by atoms with Gasteiger partial charge in [-0.05, 0) is 31.9 Å². The molecule has 1 aliphatic heterocycles. The van der Waals surface area contributed by atoms with E-state index in [0.717, 1.165) is 16.7 Å². The Kier molecular flexibility index (Phi) is 1.94. The summed E-state index contributed by atoms with van der Waals surface area (Å²) in [7, 11) is -3.25. The van der Waals surface area contributed by atoms with Crippen molar-refractivity contribution in [1.29, 1.82) is 0 Å². The molecule has 1 N–H and O–H groups in total. The predicted molar refractivity (Wildman–Crippen MR) is 54.7 cm³/mol. The van der Waals surface area contributed by atoms with E-state index in [-0.39, 0.29) is 6.04 Å². The summed E-state index contributed by atoms with van der Waals surface area (Å²) in [6.07, 6.45) is 0. The van der Waals surface area contributed by atoms with Crippen molar-refractivity contribution in [3.8, 4) is 0 Å². The number of nitrogens with one attached hydrogen (secondary N) is 1. The molecule has 14 heavy (non-hydrogen) atoms. The van der Waals surface area contributed by atoms with Crippen LogP contribution < -0.4 is 4.72 Å². The molecule has 1 atom stereocenters. The highest BCUT2D eigenvalue weighted by molar-refractivity contribution is 7.89. The van der Waals surface area contributed by atoms with Gasteiger partial charge in [-0.25, -0.2) is 13.1 Å². The van der Waals surface area contributed by atoms with Gasteiger partial charge in [0.05, 0.1) is 4.90 Å². The maximum absolute atomic E-state index is 11.7. The van der Waals surface area contributed by atoms with E-state index in [1.807, 2.05) is 32.9 Å². The van der Waals surface area contributed by atoms with Crippen LogP contribution in [-0.2, 0) is 10.0 Å². The minimum Gasteiger partial charge on any atom is -0.207 e. The predicted octanol–water partition coefficient (Wildman–Crippen LogP) is 1.66. The zero-order valence-electron chi connectivity index (χ0n) is 8.46. The van der Waals surface area contributed by atoms with Gasteiger partial charge in [0.2, 0.25) is 10.0 Å². The average Bonchev–Trinajstić information content (AvgIpc) is 2.21. The lowest BCUT2D eigenvalue weighted by Crippen LogP contribution is -2.17. The van der Waals surface area contributed by atoms with Crippen molar-refractivity contribution in [1.82, 2.24) is 4.72 Å². The highest BCUT2D eigenvalue weighted by Gasteiger charge is 2.32. The van der Waals surface area contributed by atoms with E-state index in [2.05, 4.69) is 4.72 Å². The van der Waals surface area contributed by atoms with Gasteiger partial charge >= 0.3 is 0 Å². The Balaban J connectivity index is 2.82. The first-order chi connectivity index (χ1) is 6.42. The third kappa shape index (κ3) is 1.26. The lowest BCUT2D eigenvalue weighted by atomic mass is 10.0. The molecule has 0 bridgehead atoms. The van der Waals surface area contributed by atoms with E-state index in [1.54, 1.807) is 0 Å². The Morgan fingerprint density at radius 2 is 1.93 bits per heavy atom. The number of hydrogen-bond acceptors (Lipinski definition) is 2. The summed E-state index contributed by atoms with van der Waals surface area (Å²) >= 11 is 0. The van der Waals surface area contributed by atoms with E-state index < -0.39 is 10.0 Å². The van der Waals surface area contributed by atoms with Crippen LogP contribution in [0.1, 0.15) is 29.7 Å². The Morgan fingerprint density at radius 1 is 1.29 bits per heavy atom. The van der Waals surface area contributed by atoms with Crippen molar-refractivity contribution >= 4 is 10.0 Å². The fraction of sp³-hybridized carbons (Fsp3) is 0.400. The molecule has 0 spiro atoms. The van der Waals surface area contributed by atoms with Gasteiger partial charge in [0.1, 0.15) is 0 Å². The molecule has 3 nitrogen and oxygen atoms in total. The molecule has 1 heterocycles. The second-order valence-corrected chi connectivity index (χ2v) is 5.49. The van der Waals surface area contributed by atoms with Crippen molar-refractivity contribution in [3.63, 3.8) is 0 Å². The smallest absolute Gasteiger partial charge is 0.207 e. The Bertz CT molecular complexity index is 491. The van der Waals surface area contributed by atoms with Gasteiger partial charge in [0, 0.05) is 6.04 Å². The van der Waals surface area contributed by atoms with E-state index >= 15 is 0 Å². The number of fused-ring (bicyclic) bond motifs is 1. The fourth-order valence-electron chi connectivity index (χ4n) is 2.03. The van der Waals surface area contributed by atoms with Gasteiger partial charge in [0.25, 0.3) is 0 Å². The summed E-state index contributed by atoms with van der Waals surface area (Å²) in [5.74, 6) is 0. The molecule has 1 unspecified atom stereocenters. The van der Waals surface area contributed by atoms with Gasteiger partial charge in [-0.1, -0.05) is 17.7 Å². The summed E-state index contributed by atoms with van der Waals surface area (Å²) in [5, 5.41) is 0. The van der Waals surface area contributed by atoms with Gasteiger partial charge in [-0.15, -0.1) is 0 Å². The molecule has 1 aromatic rings. The molecule has 0 saturated heterocycles. The van der Waals surface area contributed by atoms with Gasteiger partial charge in [-0.2, -0.15) is 0 Å². The largest absolute Gasteiger partial charge is 0.241 e. The summed E-state index contributed by atoms with van der Waals surface area (Å²) < 4.78 is 26.0. The lowest BCUT2D eigenvalue weighted by molar-refractivity contribution is 0.582. The Labute approximate surface area is 84.2 Å². The monoisotopic (exact) mass is 211 g/mol. The molecule has 76 valence electrons. The minimum absolute atomic E-state index is 0.103. The molecule has 1 aromatic carbocycles. The Hall–Kier alpha value is -0.870. The zero-order valence-corrected chi connectivity index (χ0v) is 9.27. The SMILES string of the molecule is Cc1cc(C)c2c(c1)C(C)NS2(=O)=O. The van der Waals surface area contributed by atoms with Crippen LogP contribution in [0.4, 0.5) is 0 Å². The van der Waals surface area contributed by atoms with Gasteiger partial charge in [-0.3, -0.25) is 0 Å². The fourth-order valence-corrected chi connectivity index (χ4v) is 3.77. The van der Waals surface area contributed by atoms with E-state index in [9.17, 15) is 8.42 Å². The highest BCUT2D eigenvalue weighted by atomic mass is 32.2. The highest BCUT2D eigenvalue weighted by Crippen LogP contribution is 2.33. The van der Waals surface area contributed by atoms with Crippen molar-refractivity contribution in [2.24, 2.45) is 0 Å². The molecule has 0 fully saturated rings. The number of sulfonamides is 1. The molecule has 0 aromatic heterocycles. The number of rotatable bonds is 0. The van der Waals surface area contributed by atoms with Crippen LogP contribution in [-0.4, -0.2) is 8.42 Å². The summed E-state index contributed by atoms with van der Waals surface area (Å²) in [6, 6.07) is 3.73. The topological polar surface area (TPSA) is 46.2 Å². The molecule has 0 aliphatic carbocycles. The number of aryl methyl sites for hydroxylation is 2. The minimum atomic E-state index is -3.25. The van der Waals surface area contributed by atoms with Crippen molar-refractivity contribution in [2.75, 3.05) is 0 Å². The van der Waals surface area contributed by atoms with Crippen molar-refractivity contribution < 1.29 is 8.42 Å². The standard InChI is InChI=1S/C10H13NO2S/c1-6-4-7(2)10-9(5-6)8(3)11-14(10,12)13/h4-5,8,11H,1-3H3. The summed E-state index contributed by atoms with van der Waals surface area (Å²) in [6.45, 7) is 5.68. The van der Waals surface area contributed by atoms with Crippen LogP contribution in [0.3, 0.4) is 0 Å². The average molecular weight is 211 g/mol.